The summed E-state index contributed by atoms with van der Waals surface area (Å²) in [5.41, 5.74) is 3.80. The molecule has 2 amide bonds. The van der Waals surface area contributed by atoms with E-state index in [1.165, 1.54) is 0 Å². The minimum atomic E-state index is -0.329. The molecule has 0 fully saturated rings. The van der Waals surface area contributed by atoms with Crippen molar-refractivity contribution in [3.8, 4) is 5.75 Å². The molecule has 3 rings (SSSR count). The van der Waals surface area contributed by atoms with Crippen LogP contribution in [0.15, 0.2) is 54.6 Å². The summed E-state index contributed by atoms with van der Waals surface area (Å²) in [4.78, 5) is 24.7. The molecule has 1 heterocycles. The van der Waals surface area contributed by atoms with Crippen molar-refractivity contribution >= 4 is 11.8 Å². The Morgan fingerprint density at radius 2 is 1.39 bits per heavy atom. The number of rotatable bonds is 5. The van der Waals surface area contributed by atoms with Crippen LogP contribution in [0.1, 0.15) is 34.6 Å². The molecule has 2 aromatic carbocycles. The fourth-order valence-corrected chi connectivity index (χ4v) is 2.43. The number of nitrogens with one attached hydrogen (secondary N) is 1. The van der Waals surface area contributed by atoms with Gasteiger partial charge in [-0.1, -0.05) is 30.3 Å². The van der Waals surface area contributed by atoms with Crippen molar-refractivity contribution in [1.29, 1.82) is 0 Å². The van der Waals surface area contributed by atoms with E-state index in [4.69, 9.17) is 4.74 Å². The molecule has 0 saturated carbocycles. The average Bonchev–Trinajstić information content (AvgIpc) is 2.81. The highest BCUT2D eigenvalue weighted by Crippen LogP contribution is 2.21. The van der Waals surface area contributed by atoms with Crippen molar-refractivity contribution in [1.82, 2.24) is 10.4 Å². The Balaban J connectivity index is 1.68. The Morgan fingerprint density at radius 3 is 1.96 bits per heavy atom. The van der Waals surface area contributed by atoms with Gasteiger partial charge in [-0.15, -0.1) is 0 Å². The van der Waals surface area contributed by atoms with Crippen LogP contribution < -0.4 is 10.2 Å². The van der Waals surface area contributed by atoms with Crippen LogP contribution >= 0.6 is 0 Å². The Hall–Kier alpha value is -2.66. The van der Waals surface area contributed by atoms with Crippen LogP contribution in [0.25, 0.3) is 0 Å². The molecule has 0 saturated heterocycles. The van der Waals surface area contributed by atoms with Crippen LogP contribution in [0.2, 0.25) is 0 Å². The van der Waals surface area contributed by atoms with E-state index in [1.807, 2.05) is 44.2 Å². The van der Waals surface area contributed by atoms with Crippen molar-refractivity contribution in [2.75, 3.05) is 0 Å². The highest BCUT2D eigenvalue weighted by Gasteiger charge is 2.36. The van der Waals surface area contributed by atoms with Crippen LogP contribution in [0.3, 0.4) is 0 Å². The molecule has 0 unspecified atom stereocenters. The van der Waals surface area contributed by atoms with Gasteiger partial charge >= 0.3 is 0 Å². The van der Waals surface area contributed by atoms with Crippen molar-refractivity contribution in [2.24, 2.45) is 0 Å². The number of carbonyl (C=O) groups is 2. The van der Waals surface area contributed by atoms with E-state index in [1.54, 1.807) is 24.3 Å². The second-order valence-electron chi connectivity index (χ2n) is 5.55. The largest absolute Gasteiger partial charge is 0.489 e. The number of ether oxygens (including phenoxy) is 1. The fraction of sp³-hybridized carbons (Fsp3) is 0.222. The first-order valence-electron chi connectivity index (χ1n) is 7.53. The normalized spacial score (nSPS) is 16.2. The highest BCUT2D eigenvalue weighted by atomic mass is 16.5. The number of hydrogen-bond donors (Lipinski definition) is 1. The van der Waals surface area contributed by atoms with Gasteiger partial charge in [0.2, 0.25) is 0 Å². The van der Waals surface area contributed by atoms with Gasteiger partial charge in [0, 0.05) is 0 Å². The van der Waals surface area contributed by atoms with E-state index in [0.717, 1.165) is 10.8 Å². The van der Waals surface area contributed by atoms with Gasteiger partial charge in [-0.2, -0.15) is 0 Å². The molecule has 23 heavy (non-hydrogen) atoms. The number of hydrogen-bond acceptors (Lipinski definition) is 4. The molecule has 5 nitrogen and oxygen atoms in total. The summed E-state index contributed by atoms with van der Waals surface area (Å²) in [6.07, 6.45) is -0.221. The van der Waals surface area contributed by atoms with Gasteiger partial charge in [0.05, 0.1) is 17.2 Å². The molecule has 0 spiro atoms. The van der Waals surface area contributed by atoms with E-state index in [-0.39, 0.29) is 24.0 Å². The smallest absolute Gasteiger partial charge is 0.276 e. The lowest BCUT2D eigenvalue weighted by molar-refractivity contribution is 0.0475. The Labute approximate surface area is 134 Å². The molecule has 1 N–H and O–H groups in total. The Bertz CT molecular complexity index is 695. The van der Waals surface area contributed by atoms with E-state index in [9.17, 15) is 9.59 Å². The summed E-state index contributed by atoms with van der Waals surface area (Å²) < 4.78 is 5.82. The standard InChI is InChI=1S/C18H18N2O3/c1-12(13(2)23-14-8-4-3-5-9-14)19-20-17(21)15-10-6-7-11-16(15)18(20)22/h3-13,19H,1-2H3/t12-,13+/m0/s1. The molecule has 5 heteroatoms. The Kier molecular flexibility index (Phi) is 4.12. The maximum Gasteiger partial charge on any atom is 0.276 e. The SMILES string of the molecule is C[C@H](NN1C(=O)c2ccccc2C1=O)[C@@H](C)Oc1ccccc1. The number of nitrogens with zero attached hydrogens (tertiary/aromatic N) is 1. The number of fused-ring (bicyclic) bond motifs is 1. The molecule has 0 bridgehead atoms. The second kappa shape index (κ2) is 6.22. The monoisotopic (exact) mass is 310 g/mol. The van der Waals surface area contributed by atoms with Gasteiger partial charge < -0.3 is 4.74 Å². The summed E-state index contributed by atoms with van der Waals surface area (Å²) in [5.74, 6) is 0.0877. The summed E-state index contributed by atoms with van der Waals surface area (Å²) in [6, 6.07) is 16.0. The summed E-state index contributed by atoms with van der Waals surface area (Å²) in [7, 11) is 0. The van der Waals surface area contributed by atoms with Crippen molar-refractivity contribution in [3.63, 3.8) is 0 Å². The number of benzene rings is 2. The summed E-state index contributed by atoms with van der Waals surface area (Å²) >= 11 is 0. The van der Waals surface area contributed by atoms with E-state index in [0.29, 0.717) is 11.1 Å². The van der Waals surface area contributed by atoms with Gasteiger partial charge in [-0.3, -0.25) is 9.59 Å². The highest BCUT2D eigenvalue weighted by molar-refractivity contribution is 6.20. The topological polar surface area (TPSA) is 58.6 Å². The lowest BCUT2D eigenvalue weighted by Gasteiger charge is -2.26. The third-order valence-electron chi connectivity index (χ3n) is 3.90. The molecule has 118 valence electrons. The number of imide groups is 1. The first-order valence-corrected chi connectivity index (χ1v) is 7.53. The quantitative estimate of drug-likeness (QED) is 0.863. The van der Waals surface area contributed by atoms with Gasteiger partial charge in [0.1, 0.15) is 11.9 Å². The third kappa shape index (κ3) is 2.96. The maximum absolute atomic E-state index is 12.3. The lowest BCUT2D eigenvalue weighted by Crippen LogP contribution is -2.51. The van der Waals surface area contributed by atoms with Crippen LogP contribution in [0, 0.1) is 0 Å². The molecular weight excluding hydrogens is 292 g/mol. The van der Waals surface area contributed by atoms with Crippen LogP contribution in [0.5, 0.6) is 5.75 Å². The van der Waals surface area contributed by atoms with Gasteiger partial charge in [0.25, 0.3) is 11.8 Å². The first kappa shape index (κ1) is 15.2. The minimum absolute atomic E-state index is 0.221. The van der Waals surface area contributed by atoms with Gasteiger partial charge in [0.15, 0.2) is 0 Å². The zero-order valence-electron chi connectivity index (χ0n) is 13.0. The van der Waals surface area contributed by atoms with Crippen LogP contribution in [-0.4, -0.2) is 29.0 Å². The maximum atomic E-state index is 12.3. The van der Waals surface area contributed by atoms with E-state index >= 15 is 0 Å². The molecule has 1 aliphatic heterocycles. The van der Waals surface area contributed by atoms with Crippen molar-refractivity contribution in [3.05, 3.63) is 65.7 Å². The summed E-state index contributed by atoms with van der Waals surface area (Å²) in [6.45, 7) is 3.76. The van der Waals surface area contributed by atoms with E-state index < -0.39 is 0 Å². The Morgan fingerprint density at radius 1 is 0.870 bits per heavy atom. The average molecular weight is 310 g/mol. The van der Waals surface area contributed by atoms with Crippen LogP contribution in [0.4, 0.5) is 0 Å². The molecule has 0 radical (unpaired) electrons. The number of hydrazine groups is 1. The van der Waals surface area contributed by atoms with E-state index in [2.05, 4.69) is 5.43 Å². The predicted octanol–water partition coefficient (Wildman–Crippen LogP) is 2.64. The molecule has 1 aliphatic rings. The molecular formula is C18H18N2O3. The lowest BCUT2D eigenvalue weighted by atomic mass is 10.1. The summed E-state index contributed by atoms with van der Waals surface area (Å²) in [5, 5.41) is 1.07. The molecule has 0 aromatic heterocycles. The third-order valence-corrected chi connectivity index (χ3v) is 3.90. The minimum Gasteiger partial charge on any atom is -0.489 e. The predicted molar refractivity (Wildman–Crippen MR) is 86.1 cm³/mol. The molecule has 0 aliphatic carbocycles. The van der Waals surface area contributed by atoms with Crippen molar-refractivity contribution < 1.29 is 14.3 Å². The van der Waals surface area contributed by atoms with Crippen molar-refractivity contribution in [2.45, 2.75) is 26.0 Å². The fourth-order valence-electron chi connectivity index (χ4n) is 2.43. The number of amides is 2. The van der Waals surface area contributed by atoms with Gasteiger partial charge in [-0.25, -0.2) is 10.4 Å². The first-order chi connectivity index (χ1) is 11.1. The number of carbonyl (C=O) groups excluding carboxylic acids is 2. The number of para-hydroxylation sites is 1. The zero-order chi connectivity index (χ0) is 16.4. The zero-order valence-corrected chi connectivity index (χ0v) is 13.0. The molecule has 2 atom stereocenters. The second-order valence-corrected chi connectivity index (χ2v) is 5.55. The molecule has 2 aromatic rings. The van der Waals surface area contributed by atoms with Gasteiger partial charge in [-0.05, 0) is 38.1 Å². The van der Waals surface area contributed by atoms with Crippen LogP contribution in [-0.2, 0) is 0 Å².